The average molecular weight is 352 g/mol. The Kier molecular flexibility index (Phi) is 5.63. The first-order valence-electron chi connectivity index (χ1n) is 7.98. The predicted octanol–water partition coefficient (Wildman–Crippen LogP) is 3.15. The molecule has 0 radical (unpaired) electrons. The highest BCUT2D eigenvalue weighted by Crippen LogP contribution is 2.34. The topological polar surface area (TPSA) is 99.4 Å². The molecule has 2 aromatic carbocycles. The van der Waals surface area contributed by atoms with E-state index in [0.717, 1.165) is 0 Å². The molecular weight excluding hydrogens is 332 g/mol. The lowest BCUT2D eigenvalue weighted by Gasteiger charge is -2.31. The fourth-order valence-corrected chi connectivity index (χ4v) is 2.51. The van der Waals surface area contributed by atoms with Crippen molar-refractivity contribution in [3.05, 3.63) is 65.2 Å². The molecular formula is C20H20N2O4. The fourth-order valence-electron chi connectivity index (χ4n) is 2.51. The number of carboxylic acids is 1. The minimum atomic E-state index is -1.24. The van der Waals surface area contributed by atoms with E-state index in [1.165, 1.54) is 12.1 Å². The van der Waals surface area contributed by atoms with Gasteiger partial charge in [-0.15, -0.1) is 0 Å². The largest absolute Gasteiger partial charge is 0.497 e. The van der Waals surface area contributed by atoms with Crippen LogP contribution < -0.4 is 10.1 Å². The Bertz CT molecular complexity index is 834. The monoisotopic (exact) mass is 352 g/mol. The van der Waals surface area contributed by atoms with Gasteiger partial charge >= 0.3 is 5.97 Å². The summed E-state index contributed by atoms with van der Waals surface area (Å²) in [4.78, 5) is 24.4. The SMILES string of the molecule is COc1ccc(C(NC(=O)c2ccc(C#N)cc2)C(C)(C)C(=O)O)cc1. The molecule has 0 aromatic heterocycles. The van der Waals surface area contributed by atoms with Gasteiger partial charge in [-0.05, 0) is 55.8 Å². The van der Waals surface area contributed by atoms with Gasteiger partial charge in [-0.25, -0.2) is 0 Å². The number of aliphatic carboxylic acids is 1. The molecule has 0 fully saturated rings. The quantitative estimate of drug-likeness (QED) is 0.832. The highest BCUT2D eigenvalue weighted by atomic mass is 16.5. The smallest absolute Gasteiger partial charge is 0.311 e. The summed E-state index contributed by atoms with van der Waals surface area (Å²) in [6, 6.07) is 14.3. The number of benzene rings is 2. The van der Waals surface area contributed by atoms with Gasteiger partial charge in [-0.1, -0.05) is 12.1 Å². The van der Waals surface area contributed by atoms with Crippen LogP contribution in [0.5, 0.6) is 5.75 Å². The molecule has 1 unspecified atom stereocenters. The number of ether oxygens (including phenoxy) is 1. The Hall–Kier alpha value is -3.33. The van der Waals surface area contributed by atoms with Crippen LogP contribution in [-0.4, -0.2) is 24.1 Å². The molecule has 2 N–H and O–H groups in total. The maximum Gasteiger partial charge on any atom is 0.311 e. The summed E-state index contributed by atoms with van der Waals surface area (Å²) in [5, 5.41) is 21.3. The molecule has 0 saturated carbocycles. The second kappa shape index (κ2) is 7.70. The third-order valence-corrected chi connectivity index (χ3v) is 4.27. The van der Waals surface area contributed by atoms with Crippen LogP contribution >= 0.6 is 0 Å². The molecule has 26 heavy (non-hydrogen) atoms. The first-order valence-corrected chi connectivity index (χ1v) is 7.98. The van der Waals surface area contributed by atoms with E-state index in [1.807, 2.05) is 6.07 Å². The van der Waals surface area contributed by atoms with E-state index in [2.05, 4.69) is 5.32 Å². The number of carbonyl (C=O) groups is 2. The summed E-state index contributed by atoms with van der Waals surface area (Å²) in [5.74, 6) is -0.804. The van der Waals surface area contributed by atoms with Crippen molar-refractivity contribution >= 4 is 11.9 Å². The Morgan fingerprint density at radius 1 is 1.12 bits per heavy atom. The molecule has 0 spiro atoms. The van der Waals surface area contributed by atoms with Crippen LogP contribution in [0.2, 0.25) is 0 Å². The van der Waals surface area contributed by atoms with Crippen molar-refractivity contribution in [2.24, 2.45) is 5.41 Å². The van der Waals surface area contributed by atoms with Crippen molar-refractivity contribution in [2.45, 2.75) is 19.9 Å². The first kappa shape index (κ1) is 19.0. The fraction of sp³-hybridized carbons (Fsp3) is 0.250. The Labute approximate surface area is 152 Å². The molecule has 0 aliphatic heterocycles. The lowest BCUT2D eigenvalue weighted by Crippen LogP contribution is -2.42. The van der Waals surface area contributed by atoms with Crippen LogP contribution in [0.15, 0.2) is 48.5 Å². The second-order valence-electron chi connectivity index (χ2n) is 6.40. The molecule has 0 bridgehead atoms. The number of nitrogens with zero attached hydrogens (tertiary/aromatic N) is 1. The number of carbonyl (C=O) groups excluding carboxylic acids is 1. The molecule has 0 saturated heterocycles. The Morgan fingerprint density at radius 3 is 2.15 bits per heavy atom. The summed E-state index contributed by atoms with van der Waals surface area (Å²) in [6.07, 6.45) is 0. The molecule has 0 aliphatic carbocycles. The summed E-state index contributed by atoms with van der Waals surface area (Å²) in [6.45, 7) is 3.12. The summed E-state index contributed by atoms with van der Waals surface area (Å²) in [5.41, 5.74) is 0.208. The third-order valence-electron chi connectivity index (χ3n) is 4.27. The van der Waals surface area contributed by atoms with Gasteiger partial charge in [0.1, 0.15) is 5.75 Å². The van der Waals surface area contributed by atoms with Gasteiger partial charge in [0.05, 0.1) is 30.2 Å². The predicted molar refractivity (Wildman–Crippen MR) is 95.8 cm³/mol. The maximum atomic E-state index is 12.6. The van der Waals surface area contributed by atoms with Gasteiger partial charge in [0.15, 0.2) is 0 Å². The molecule has 2 aromatic rings. The van der Waals surface area contributed by atoms with Gasteiger partial charge in [0.2, 0.25) is 0 Å². The van der Waals surface area contributed by atoms with Gasteiger partial charge in [0, 0.05) is 5.56 Å². The summed E-state index contributed by atoms with van der Waals surface area (Å²) in [7, 11) is 1.54. The zero-order valence-corrected chi connectivity index (χ0v) is 14.8. The molecule has 1 atom stereocenters. The van der Waals surface area contributed by atoms with Crippen molar-refractivity contribution in [2.75, 3.05) is 7.11 Å². The molecule has 6 nitrogen and oxygen atoms in total. The zero-order valence-electron chi connectivity index (χ0n) is 14.8. The van der Waals surface area contributed by atoms with E-state index in [-0.39, 0.29) is 0 Å². The number of hydrogen-bond donors (Lipinski definition) is 2. The van der Waals surface area contributed by atoms with Crippen LogP contribution in [0, 0.1) is 16.7 Å². The van der Waals surface area contributed by atoms with E-state index >= 15 is 0 Å². The van der Waals surface area contributed by atoms with E-state index < -0.39 is 23.3 Å². The molecule has 134 valence electrons. The van der Waals surface area contributed by atoms with Crippen molar-refractivity contribution in [3.8, 4) is 11.8 Å². The first-order chi connectivity index (χ1) is 12.3. The third kappa shape index (κ3) is 4.01. The molecule has 0 heterocycles. The highest BCUT2D eigenvalue weighted by Gasteiger charge is 2.39. The van der Waals surface area contributed by atoms with Gasteiger partial charge < -0.3 is 15.2 Å². The zero-order chi connectivity index (χ0) is 19.3. The average Bonchev–Trinajstić information content (AvgIpc) is 2.65. The minimum absolute atomic E-state index is 0.351. The van der Waals surface area contributed by atoms with E-state index in [9.17, 15) is 14.7 Å². The molecule has 0 aliphatic rings. The normalized spacial score (nSPS) is 11.9. The Morgan fingerprint density at radius 2 is 1.69 bits per heavy atom. The van der Waals surface area contributed by atoms with Crippen molar-refractivity contribution in [3.63, 3.8) is 0 Å². The van der Waals surface area contributed by atoms with Crippen molar-refractivity contribution in [1.29, 1.82) is 5.26 Å². The van der Waals surface area contributed by atoms with Crippen LogP contribution in [0.3, 0.4) is 0 Å². The lowest BCUT2D eigenvalue weighted by atomic mass is 9.80. The standard InChI is InChI=1S/C20H20N2O4/c1-20(2,19(24)25)17(14-8-10-16(26-3)11-9-14)22-18(23)15-6-4-13(12-21)5-7-15/h4-11,17H,1-3H3,(H,22,23)(H,24,25). The number of amides is 1. The van der Waals surface area contributed by atoms with Gasteiger partial charge in [-0.3, -0.25) is 9.59 Å². The lowest BCUT2D eigenvalue weighted by molar-refractivity contribution is -0.148. The summed E-state index contributed by atoms with van der Waals surface area (Å²) >= 11 is 0. The number of carboxylic acid groups (broad SMARTS) is 1. The Balaban J connectivity index is 2.35. The number of hydrogen-bond acceptors (Lipinski definition) is 4. The molecule has 6 heteroatoms. The second-order valence-corrected chi connectivity index (χ2v) is 6.40. The minimum Gasteiger partial charge on any atom is -0.497 e. The van der Waals surface area contributed by atoms with Crippen LogP contribution in [0.1, 0.15) is 41.4 Å². The van der Waals surface area contributed by atoms with Crippen molar-refractivity contribution < 1.29 is 19.4 Å². The van der Waals surface area contributed by atoms with E-state index in [1.54, 1.807) is 57.4 Å². The van der Waals surface area contributed by atoms with Crippen LogP contribution in [-0.2, 0) is 4.79 Å². The molecule has 1 amide bonds. The number of nitriles is 1. The molecule has 2 rings (SSSR count). The number of methoxy groups -OCH3 is 1. The van der Waals surface area contributed by atoms with Gasteiger partial charge in [0.25, 0.3) is 5.91 Å². The van der Waals surface area contributed by atoms with E-state index in [4.69, 9.17) is 10.00 Å². The van der Waals surface area contributed by atoms with Crippen molar-refractivity contribution in [1.82, 2.24) is 5.32 Å². The van der Waals surface area contributed by atoms with Gasteiger partial charge in [-0.2, -0.15) is 5.26 Å². The summed E-state index contributed by atoms with van der Waals surface area (Å²) < 4.78 is 5.12. The van der Waals surface area contributed by atoms with E-state index in [0.29, 0.717) is 22.4 Å². The number of rotatable bonds is 6. The maximum absolute atomic E-state index is 12.6. The van der Waals surface area contributed by atoms with Crippen LogP contribution in [0.4, 0.5) is 0 Å². The highest BCUT2D eigenvalue weighted by molar-refractivity contribution is 5.95. The number of nitrogens with one attached hydrogen (secondary N) is 1. The van der Waals surface area contributed by atoms with Crippen LogP contribution in [0.25, 0.3) is 0 Å².